The summed E-state index contributed by atoms with van der Waals surface area (Å²) >= 11 is 0. The minimum atomic E-state index is -0.751. The smallest absolute Gasteiger partial charge is 0.322 e. The maximum atomic E-state index is 11.0. The number of carboxylic acid groups (broad SMARTS) is 1. The van der Waals surface area contributed by atoms with Gasteiger partial charge >= 0.3 is 5.97 Å². The van der Waals surface area contributed by atoms with Crippen LogP contribution >= 0.6 is 0 Å². The maximum Gasteiger partial charge on any atom is 0.322 e. The molecule has 5 nitrogen and oxygen atoms in total. The second-order valence-corrected chi connectivity index (χ2v) is 5.12. The second kappa shape index (κ2) is 5.80. The molecule has 5 heteroatoms. The van der Waals surface area contributed by atoms with Crippen molar-refractivity contribution in [3.63, 3.8) is 0 Å². The fourth-order valence-electron chi connectivity index (χ4n) is 2.94. The lowest BCUT2D eigenvalue weighted by Crippen LogP contribution is -2.57. The van der Waals surface area contributed by atoms with E-state index in [9.17, 15) is 4.79 Å². The van der Waals surface area contributed by atoms with Gasteiger partial charge in [-0.25, -0.2) is 0 Å². The average molecular weight is 241 g/mol. The molecule has 0 spiro atoms. The topological polar surface area (TPSA) is 55.8 Å². The lowest BCUT2D eigenvalue weighted by atomic mass is 9.99. The Hall–Kier alpha value is -0.650. The number of carboxylic acids is 1. The molecule has 2 aliphatic rings. The van der Waals surface area contributed by atoms with Crippen LogP contribution in [-0.2, 0) is 4.79 Å². The first-order valence-corrected chi connectivity index (χ1v) is 6.57. The van der Waals surface area contributed by atoms with Gasteiger partial charge < -0.3 is 10.4 Å². The molecule has 0 aromatic rings. The zero-order valence-corrected chi connectivity index (χ0v) is 10.6. The Labute approximate surface area is 103 Å². The minimum absolute atomic E-state index is 0.440. The molecular formula is C12H23N3O2. The van der Waals surface area contributed by atoms with Gasteiger partial charge in [0.1, 0.15) is 6.04 Å². The summed E-state index contributed by atoms with van der Waals surface area (Å²) in [5.74, 6) is -0.751. The van der Waals surface area contributed by atoms with Crippen LogP contribution in [0.4, 0.5) is 0 Å². The molecule has 0 saturated carbocycles. The first-order chi connectivity index (χ1) is 8.20. The summed E-state index contributed by atoms with van der Waals surface area (Å²) in [5.41, 5.74) is 0. The average Bonchev–Trinajstić information content (AvgIpc) is 2.35. The van der Waals surface area contributed by atoms with Crippen LogP contribution < -0.4 is 5.32 Å². The van der Waals surface area contributed by atoms with Crippen molar-refractivity contribution >= 4 is 5.97 Å². The first kappa shape index (κ1) is 12.8. The Morgan fingerprint density at radius 1 is 1.41 bits per heavy atom. The molecule has 98 valence electrons. The van der Waals surface area contributed by atoms with Gasteiger partial charge in [-0.2, -0.15) is 0 Å². The largest absolute Gasteiger partial charge is 0.480 e. The summed E-state index contributed by atoms with van der Waals surface area (Å²) in [4.78, 5) is 15.8. The van der Waals surface area contributed by atoms with Gasteiger partial charge in [-0.3, -0.25) is 14.6 Å². The van der Waals surface area contributed by atoms with E-state index in [1.807, 2.05) is 0 Å². The highest BCUT2D eigenvalue weighted by Crippen LogP contribution is 2.20. The SMILES string of the molecule is CNC(CN1CCN2CCCCC2C1)C(=O)O. The van der Waals surface area contributed by atoms with Crippen LogP contribution in [-0.4, -0.2) is 72.7 Å². The zero-order chi connectivity index (χ0) is 12.3. The van der Waals surface area contributed by atoms with E-state index in [-0.39, 0.29) is 0 Å². The van der Waals surface area contributed by atoms with Crippen molar-refractivity contribution < 1.29 is 9.90 Å². The van der Waals surface area contributed by atoms with E-state index < -0.39 is 12.0 Å². The molecule has 2 N–H and O–H groups in total. The molecule has 2 atom stereocenters. The number of likely N-dealkylation sites (N-methyl/N-ethyl adjacent to an activating group) is 1. The van der Waals surface area contributed by atoms with Crippen LogP contribution in [0.15, 0.2) is 0 Å². The summed E-state index contributed by atoms with van der Waals surface area (Å²) in [5, 5.41) is 11.9. The minimum Gasteiger partial charge on any atom is -0.480 e. The van der Waals surface area contributed by atoms with Crippen LogP contribution in [0, 0.1) is 0 Å². The summed E-state index contributed by atoms with van der Waals surface area (Å²) in [7, 11) is 1.72. The van der Waals surface area contributed by atoms with Crippen LogP contribution in [0.2, 0.25) is 0 Å². The number of rotatable bonds is 4. The number of fused-ring (bicyclic) bond motifs is 1. The summed E-state index contributed by atoms with van der Waals surface area (Å²) in [6, 6.07) is 0.217. The molecule has 17 heavy (non-hydrogen) atoms. The Morgan fingerprint density at radius 3 is 2.94 bits per heavy atom. The van der Waals surface area contributed by atoms with Crippen LogP contribution in [0.5, 0.6) is 0 Å². The quantitative estimate of drug-likeness (QED) is 0.715. The molecule has 2 rings (SSSR count). The predicted octanol–water partition coefficient (Wildman–Crippen LogP) is -0.171. The van der Waals surface area contributed by atoms with Crippen molar-refractivity contribution in [1.82, 2.24) is 15.1 Å². The molecule has 2 saturated heterocycles. The Kier molecular flexibility index (Phi) is 4.36. The van der Waals surface area contributed by atoms with Crippen molar-refractivity contribution in [3.8, 4) is 0 Å². The van der Waals surface area contributed by atoms with E-state index >= 15 is 0 Å². The van der Waals surface area contributed by atoms with E-state index in [4.69, 9.17) is 5.11 Å². The standard InChI is InChI=1S/C12H23N3O2/c1-13-11(12(16)17)9-14-6-7-15-5-3-2-4-10(15)8-14/h10-11,13H,2-9H2,1H3,(H,16,17). The van der Waals surface area contributed by atoms with Crippen LogP contribution in [0.25, 0.3) is 0 Å². The van der Waals surface area contributed by atoms with Crippen LogP contribution in [0.1, 0.15) is 19.3 Å². The molecular weight excluding hydrogens is 218 g/mol. The first-order valence-electron chi connectivity index (χ1n) is 6.57. The number of piperazine rings is 1. The van der Waals surface area contributed by atoms with Gasteiger partial charge in [-0.05, 0) is 26.4 Å². The number of nitrogens with one attached hydrogen (secondary N) is 1. The van der Waals surface area contributed by atoms with Gasteiger partial charge in [-0.1, -0.05) is 6.42 Å². The fourth-order valence-corrected chi connectivity index (χ4v) is 2.94. The van der Waals surface area contributed by atoms with Gasteiger partial charge in [0.2, 0.25) is 0 Å². The Bertz CT molecular complexity index is 272. The number of aliphatic carboxylic acids is 1. The summed E-state index contributed by atoms with van der Waals surface area (Å²) in [6.07, 6.45) is 3.92. The van der Waals surface area contributed by atoms with Gasteiger partial charge in [0, 0.05) is 32.2 Å². The monoisotopic (exact) mass is 241 g/mol. The van der Waals surface area contributed by atoms with Crippen molar-refractivity contribution in [2.75, 3.05) is 39.8 Å². The lowest BCUT2D eigenvalue weighted by Gasteiger charge is -2.44. The number of carbonyl (C=O) groups is 1. The van der Waals surface area contributed by atoms with Crippen molar-refractivity contribution in [1.29, 1.82) is 0 Å². The highest BCUT2D eigenvalue weighted by atomic mass is 16.4. The highest BCUT2D eigenvalue weighted by Gasteiger charge is 2.30. The predicted molar refractivity (Wildman–Crippen MR) is 66.1 cm³/mol. The third-order valence-corrected chi connectivity index (χ3v) is 4.01. The van der Waals surface area contributed by atoms with Crippen molar-refractivity contribution in [3.05, 3.63) is 0 Å². The second-order valence-electron chi connectivity index (χ2n) is 5.12. The third kappa shape index (κ3) is 3.18. The van der Waals surface area contributed by atoms with Crippen molar-refractivity contribution in [2.24, 2.45) is 0 Å². The highest BCUT2D eigenvalue weighted by molar-refractivity contribution is 5.73. The molecule has 2 fully saturated rings. The van der Waals surface area contributed by atoms with Gasteiger partial charge in [0.05, 0.1) is 0 Å². The number of piperidine rings is 1. The van der Waals surface area contributed by atoms with Gasteiger partial charge in [0.15, 0.2) is 0 Å². The summed E-state index contributed by atoms with van der Waals surface area (Å²) in [6.45, 7) is 4.98. The molecule has 2 heterocycles. The number of hydrogen-bond acceptors (Lipinski definition) is 4. The molecule has 2 unspecified atom stereocenters. The molecule has 0 bridgehead atoms. The molecule has 0 aromatic carbocycles. The summed E-state index contributed by atoms with van der Waals surface area (Å²) < 4.78 is 0. The normalized spacial score (nSPS) is 28.6. The Balaban J connectivity index is 1.84. The van der Waals surface area contributed by atoms with E-state index in [1.165, 1.54) is 25.8 Å². The van der Waals surface area contributed by atoms with Gasteiger partial charge in [-0.15, -0.1) is 0 Å². The molecule has 0 aliphatic carbocycles. The van der Waals surface area contributed by atoms with E-state index in [2.05, 4.69) is 15.1 Å². The molecule has 2 aliphatic heterocycles. The Morgan fingerprint density at radius 2 is 2.24 bits per heavy atom. The van der Waals surface area contributed by atoms with E-state index in [0.29, 0.717) is 12.6 Å². The maximum absolute atomic E-state index is 11.0. The molecule has 0 aromatic heterocycles. The molecule has 0 radical (unpaired) electrons. The molecule has 0 amide bonds. The van der Waals surface area contributed by atoms with Crippen LogP contribution in [0.3, 0.4) is 0 Å². The fraction of sp³-hybridized carbons (Fsp3) is 0.917. The number of hydrogen-bond donors (Lipinski definition) is 2. The van der Waals surface area contributed by atoms with E-state index in [1.54, 1.807) is 7.05 Å². The third-order valence-electron chi connectivity index (χ3n) is 4.01. The number of nitrogens with zero attached hydrogens (tertiary/aromatic N) is 2. The lowest BCUT2D eigenvalue weighted by molar-refractivity contribution is -0.140. The van der Waals surface area contributed by atoms with Gasteiger partial charge in [0.25, 0.3) is 0 Å². The van der Waals surface area contributed by atoms with E-state index in [0.717, 1.165) is 19.6 Å². The zero-order valence-electron chi connectivity index (χ0n) is 10.6. The van der Waals surface area contributed by atoms with Crippen molar-refractivity contribution in [2.45, 2.75) is 31.3 Å².